The Hall–Kier alpha value is -2.28. The highest BCUT2D eigenvalue weighted by molar-refractivity contribution is 7.14. The zero-order chi connectivity index (χ0) is 17.2. The third-order valence-corrected chi connectivity index (χ3v) is 3.97. The molecule has 0 bridgehead atoms. The molecule has 0 radical (unpaired) electrons. The molecule has 2 aromatic heterocycles. The van der Waals surface area contributed by atoms with E-state index >= 15 is 0 Å². The minimum atomic E-state index is -0.532. The average Bonchev–Trinajstić information content (AvgIpc) is 2.88. The lowest BCUT2D eigenvalue weighted by atomic mass is 9.87. The number of ketones is 1. The molecule has 0 atom stereocenters. The van der Waals surface area contributed by atoms with Crippen molar-refractivity contribution in [1.29, 1.82) is 0 Å². The van der Waals surface area contributed by atoms with Crippen LogP contribution in [0, 0.1) is 12.3 Å². The Labute approximate surface area is 138 Å². The van der Waals surface area contributed by atoms with Gasteiger partial charge in [0.25, 0.3) is 5.56 Å². The highest BCUT2D eigenvalue weighted by Crippen LogP contribution is 2.30. The fourth-order valence-corrected chi connectivity index (χ4v) is 2.76. The minimum absolute atomic E-state index is 0.0418. The van der Waals surface area contributed by atoms with Crippen molar-refractivity contribution in [1.82, 2.24) is 9.78 Å². The molecule has 0 saturated heterocycles. The molecule has 0 saturated carbocycles. The zero-order valence-electron chi connectivity index (χ0n) is 13.5. The molecule has 2 heterocycles. The van der Waals surface area contributed by atoms with Crippen LogP contribution in [0.2, 0.25) is 0 Å². The van der Waals surface area contributed by atoms with E-state index in [9.17, 15) is 14.4 Å². The Morgan fingerprint density at radius 1 is 1.26 bits per heavy atom. The molecule has 0 aliphatic rings. The fourth-order valence-electron chi connectivity index (χ4n) is 1.96. The molecule has 0 spiro atoms. The molecule has 1 N–H and O–H groups in total. The monoisotopic (exact) mass is 333 g/mol. The molecule has 23 heavy (non-hydrogen) atoms. The number of Topliss-reactive ketones (excluding diaryl/α,β-unsaturated/α-hetero) is 1. The van der Waals surface area contributed by atoms with Gasteiger partial charge in [0.15, 0.2) is 5.78 Å². The Balaban J connectivity index is 2.16. The maximum absolute atomic E-state index is 12.4. The van der Waals surface area contributed by atoms with E-state index in [4.69, 9.17) is 0 Å². The van der Waals surface area contributed by atoms with Crippen molar-refractivity contribution in [2.75, 3.05) is 5.32 Å². The number of nitrogens with one attached hydrogen (secondary N) is 1. The molecule has 2 rings (SSSR count). The quantitative estimate of drug-likeness (QED) is 0.872. The SMILES string of the molecule is Cc1ccc(=O)n(CC(=O)Nc2sccc2C(=O)C(C)(C)C)n1. The first kappa shape index (κ1) is 17.1. The number of anilines is 1. The zero-order valence-corrected chi connectivity index (χ0v) is 14.4. The van der Waals surface area contributed by atoms with Gasteiger partial charge in [-0.1, -0.05) is 20.8 Å². The summed E-state index contributed by atoms with van der Waals surface area (Å²) in [6.45, 7) is 7.03. The van der Waals surface area contributed by atoms with Crippen LogP contribution in [0.5, 0.6) is 0 Å². The van der Waals surface area contributed by atoms with Gasteiger partial charge in [-0.2, -0.15) is 5.10 Å². The summed E-state index contributed by atoms with van der Waals surface area (Å²) in [5.74, 6) is -0.435. The van der Waals surface area contributed by atoms with Crippen molar-refractivity contribution < 1.29 is 9.59 Å². The number of thiophene rings is 1. The van der Waals surface area contributed by atoms with Crippen LogP contribution in [-0.4, -0.2) is 21.5 Å². The van der Waals surface area contributed by atoms with Gasteiger partial charge in [0, 0.05) is 11.5 Å². The number of carbonyl (C=O) groups excluding carboxylic acids is 2. The maximum Gasteiger partial charge on any atom is 0.267 e. The van der Waals surface area contributed by atoms with E-state index in [-0.39, 0.29) is 17.9 Å². The van der Waals surface area contributed by atoms with Gasteiger partial charge in [0.2, 0.25) is 5.91 Å². The summed E-state index contributed by atoms with van der Waals surface area (Å²) in [4.78, 5) is 36.2. The number of aromatic nitrogens is 2. The number of hydrogen-bond acceptors (Lipinski definition) is 5. The predicted molar refractivity (Wildman–Crippen MR) is 90.0 cm³/mol. The van der Waals surface area contributed by atoms with E-state index in [0.29, 0.717) is 16.3 Å². The lowest BCUT2D eigenvalue weighted by molar-refractivity contribution is -0.117. The average molecular weight is 333 g/mol. The molecule has 0 unspecified atom stereocenters. The first-order valence-corrected chi connectivity index (χ1v) is 8.03. The number of hydrogen-bond donors (Lipinski definition) is 1. The lowest BCUT2D eigenvalue weighted by Gasteiger charge is -2.17. The molecule has 122 valence electrons. The van der Waals surface area contributed by atoms with Gasteiger partial charge in [-0.25, -0.2) is 4.68 Å². The van der Waals surface area contributed by atoms with Crippen LogP contribution in [0.25, 0.3) is 0 Å². The summed E-state index contributed by atoms with van der Waals surface area (Å²) in [5, 5.41) is 8.97. The molecular weight excluding hydrogens is 314 g/mol. The molecule has 0 aliphatic heterocycles. The largest absolute Gasteiger partial charge is 0.315 e. The Morgan fingerprint density at radius 3 is 2.61 bits per heavy atom. The second-order valence-corrected chi connectivity index (χ2v) is 7.18. The van der Waals surface area contributed by atoms with Gasteiger partial charge in [-0.3, -0.25) is 14.4 Å². The van der Waals surface area contributed by atoms with E-state index in [1.54, 1.807) is 24.4 Å². The van der Waals surface area contributed by atoms with Gasteiger partial charge >= 0.3 is 0 Å². The van der Waals surface area contributed by atoms with Crippen molar-refractivity contribution in [3.8, 4) is 0 Å². The highest BCUT2D eigenvalue weighted by Gasteiger charge is 2.26. The van der Waals surface area contributed by atoms with E-state index in [1.807, 2.05) is 20.8 Å². The van der Waals surface area contributed by atoms with Crippen LogP contribution in [0.3, 0.4) is 0 Å². The predicted octanol–water partition coefficient (Wildman–Crippen LogP) is 2.48. The second-order valence-electron chi connectivity index (χ2n) is 6.26. The van der Waals surface area contributed by atoms with E-state index in [0.717, 1.165) is 4.68 Å². The normalized spacial score (nSPS) is 11.3. The van der Waals surface area contributed by atoms with Crippen LogP contribution in [0.1, 0.15) is 36.8 Å². The van der Waals surface area contributed by atoms with E-state index in [2.05, 4.69) is 10.4 Å². The molecule has 1 amide bonds. The van der Waals surface area contributed by atoms with Crippen molar-refractivity contribution in [3.63, 3.8) is 0 Å². The summed E-state index contributed by atoms with van der Waals surface area (Å²) in [5.41, 5.74) is 0.260. The van der Waals surface area contributed by atoms with Crippen LogP contribution in [0.4, 0.5) is 5.00 Å². The summed E-state index contributed by atoms with van der Waals surface area (Å²) in [6, 6.07) is 4.66. The molecule has 0 aliphatic carbocycles. The summed E-state index contributed by atoms with van der Waals surface area (Å²) in [6.07, 6.45) is 0. The van der Waals surface area contributed by atoms with Crippen LogP contribution >= 0.6 is 11.3 Å². The Morgan fingerprint density at radius 2 is 1.96 bits per heavy atom. The second kappa shape index (κ2) is 6.45. The maximum atomic E-state index is 12.4. The number of amides is 1. The van der Waals surface area contributed by atoms with E-state index in [1.165, 1.54) is 17.4 Å². The molecular formula is C16H19N3O3S. The lowest BCUT2D eigenvalue weighted by Crippen LogP contribution is -2.30. The molecule has 7 heteroatoms. The van der Waals surface area contributed by atoms with Crippen LogP contribution in [-0.2, 0) is 11.3 Å². The molecule has 6 nitrogen and oxygen atoms in total. The topological polar surface area (TPSA) is 81.1 Å². The minimum Gasteiger partial charge on any atom is -0.315 e. The van der Waals surface area contributed by atoms with Gasteiger partial charge in [-0.15, -0.1) is 11.3 Å². The summed E-state index contributed by atoms with van der Waals surface area (Å²) >= 11 is 1.28. The van der Waals surface area contributed by atoms with Crippen molar-refractivity contribution in [3.05, 3.63) is 45.2 Å². The first-order chi connectivity index (χ1) is 10.7. The first-order valence-electron chi connectivity index (χ1n) is 7.15. The summed E-state index contributed by atoms with van der Waals surface area (Å²) < 4.78 is 1.10. The standard InChI is InChI=1S/C16H19N3O3S/c1-10-5-6-13(21)19(18-10)9-12(20)17-15-11(7-8-23-15)14(22)16(2,3)4/h5-8H,9H2,1-4H3,(H,17,20). The molecule has 0 aromatic carbocycles. The molecule has 2 aromatic rings. The highest BCUT2D eigenvalue weighted by atomic mass is 32.1. The smallest absolute Gasteiger partial charge is 0.267 e. The van der Waals surface area contributed by atoms with Gasteiger partial charge in [0.1, 0.15) is 11.5 Å². The number of rotatable bonds is 4. The number of carbonyl (C=O) groups is 2. The van der Waals surface area contributed by atoms with E-state index < -0.39 is 11.3 Å². The molecule has 0 fully saturated rings. The van der Waals surface area contributed by atoms with Gasteiger partial charge in [0.05, 0.1) is 11.3 Å². The Bertz CT molecular complexity index is 799. The van der Waals surface area contributed by atoms with Crippen molar-refractivity contribution >= 4 is 28.0 Å². The van der Waals surface area contributed by atoms with Crippen LogP contribution in [0.15, 0.2) is 28.4 Å². The third kappa shape index (κ3) is 4.13. The van der Waals surface area contributed by atoms with Crippen LogP contribution < -0.4 is 10.9 Å². The van der Waals surface area contributed by atoms with Crippen molar-refractivity contribution in [2.45, 2.75) is 34.2 Å². The Kier molecular flexibility index (Phi) is 4.79. The van der Waals surface area contributed by atoms with Crippen molar-refractivity contribution in [2.24, 2.45) is 5.41 Å². The van der Waals surface area contributed by atoms with Gasteiger partial charge < -0.3 is 5.32 Å². The third-order valence-electron chi connectivity index (χ3n) is 3.14. The number of nitrogens with zero attached hydrogens (tertiary/aromatic N) is 2. The van der Waals surface area contributed by atoms with Gasteiger partial charge in [-0.05, 0) is 24.4 Å². The number of aryl methyl sites for hydroxylation is 1. The fraction of sp³-hybridized carbons (Fsp3) is 0.375. The summed E-state index contributed by atoms with van der Waals surface area (Å²) in [7, 11) is 0.